The number of likely N-dealkylation sites (N-methyl/N-ethyl adjacent to an activating group) is 1. The van der Waals surface area contributed by atoms with E-state index in [4.69, 9.17) is 0 Å². The van der Waals surface area contributed by atoms with Crippen molar-refractivity contribution in [1.29, 1.82) is 0 Å². The molecule has 0 unspecified atom stereocenters. The molecule has 0 amide bonds. The highest BCUT2D eigenvalue weighted by molar-refractivity contribution is 5.58. The molecule has 2 aromatic rings. The van der Waals surface area contributed by atoms with E-state index in [1.165, 1.54) is 42.0 Å². The zero-order valence-electron chi connectivity index (χ0n) is 14.8. The topological polar surface area (TPSA) is 3.24 Å². The van der Waals surface area contributed by atoms with Crippen molar-refractivity contribution in [2.45, 2.75) is 26.8 Å². The molecule has 0 aromatic heterocycles. The molecule has 23 heavy (non-hydrogen) atoms. The lowest BCUT2D eigenvalue weighted by molar-refractivity contribution is -0.904. The maximum absolute atomic E-state index is 2.59. The minimum absolute atomic E-state index is 1.03. The molecule has 0 bridgehead atoms. The zero-order valence-corrected chi connectivity index (χ0v) is 14.8. The first kappa shape index (κ1) is 16.1. The van der Waals surface area contributed by atoms with Gasteiger partial charge in [-0.05, 0) is 43.0 Å². The second-order valence-corrected chi connectivity index (χ2v) is 6.97. The van der Waals surface area contributed by atoms with E-state index in [9.17, 15) is 0 Å². The zero-order chi connectivity index (χ0) is 16.3. The number of hydrogen-bond acceptors (Lipinski definition) is 1. The van der Waals surface area contributed by atoms with Crippen molar-refractivity contribution in [3.8, 4) is 0 Å². The summed E-state index contributed by atoms with van der Waals surface area (Å²) in [6, 6.07) is 17.8. The SMILES string of the molecule is CC[N+](C)(CC)CCN1Cc2ccccc2Cc2ccccc21. The largest absolute Gasteiger partial charge is 0.361 e. The molecule has 0 aliphatic carbocycles. The van der Waals surface area contributed by atoms with Crippen molar-refractivity contribution in [1.82, 2.24) is 0 Å². The van der Waals surface area contributed by atoms with Gasteiger partial charge in [0.1, 0.15) is 0 Å². The van der Waals surface area contributed by atoms with Crippen molar-refractivity contribution in [3.05, 3.63) is 65.2 Å². The Balaban J connectivity index is 1.90. The maximum atomic E-state index is 2.59. The lowest BCUT2D eigenvalue weighted by Crippen LogP contribution is -2.48. The summed E-state index contributed by atoms with van der Waals surface area (Å²) in [5.41, 5.74) is 5.83. The summed E-state index contributed by atoms with van der Waals surface area (Å²) in [4.78, 5) is 2.59. The quantitative estimate of drug-likeness (QED) is 0.752. The van der Waals surface area contributed by atoms with Crippen LogP contribution in [0, 0.1) is 0 Å². The van der Waals surface area contributed by atoms with E-state index in [2.05, 4.69) is 74.3 Å². The molecule has 2 nitrogen and oxygen atoms in total. The lowest BCUT2D eigenvalue weighted by Gasteiger charge is -2.35. The van der Waals surface area contributed by atoms with Gasteiger partial charge in [0, 0.05) is 12.2 Å². The molecular formula is C21H29N2+. The van der Waals surface area contributed by atoms with Gasteiger partial charge in [-0.15, -0.1) is 0 Å². The average molecular weight is 309 g/mol. The molecule has 0 saturated carbocycles. The van der Waals surface area contributed by atoms with Crippen LogP contribution in [-0.2, 0) is 13.0 Å². The van der Waals surface area contributed by atoms with Gasteiger partial charge in [-0.1, -0.05) is 42.5 Å². The van der Waals surface area contributed by atoms with E-state index in [1.54, 1.807) is 0 Å². The van der Waals surface area contributed by atoms with Gasteiger partial charge in [0.2, 0.25) is 0 Å². The summed E-state index contributed by atoms with van der Waals surface area (Å²) in [7, 11) is 2.37. The van der Waals surface area contributed by atoms with E-state index in [1.807, 2.05) is 0 Å². The Morgan fingerprint density at radius 2 is 1.48 bits per heavy atom. The van der Waals surface area contributed by atoms with Gasteiger partial charge in [-0.25, -0.2) is 0 Å². The average Bonchev–Trinajstić information content (AvgIpc) is 2.76. The van der Waals surface area contributed by atoms with Crippen LogP contribution in [0.1, 0.15) is 30.5 Å². The van der Waals surface area contributed by atoms with Crippen molar-refractivity contribution in [2.75, 3.05) is 38.1 Å². The summed E-state index contributed by atoms with van der Waals surface area (Å²) in [6.07, 6.45) is 1.05. The standard InChI is InChI=1S/C21H29N2/c1-4-23(3,5-2)15-14-22-17-20-12-7-6-10-18(20)16-19-11-8-9-13-21(19)22/h6-13H,4-5,14-17H2,1-3H3/q+1. The second-order valence-electron chi connectivity index (χ2n) is 6.97. The Morgan fingerprint density at radius 3 is 2.17 bits per heavy atom. The molecule has 0 atom stereocenters. The van der Waals surface area contributed by atoms with Crippen LogP contribution >= 0.6 is 0 Å². The van der Waals surface area contributed by atoms with Crippen LogP contribution in [0.3, 0.4) is 0 Å². The fourth-order valence-electron chi connectivity index (χ4n) is 3.45. The molecule has 122 valence electrons. The first-order valence-corrected chi connectivity index (χ1v) is 8.88. The molecule has 1 aliphatic rings. The summed E-state index contributed by atoms with van der Waals surface area (Å²) in [6.45, 7) is 10.3. The van der Waals surface area contributed by atoms with Crippen molar-refractivity contribution in [2.24, 2.45) is 0 Å². The Hall–Kier alpha value is -1.80. The van der Waals surface area contributed by atoms with Crippen LogP contribution in [0.5, 0.6) is 0 Å². The number of fused-ring (bicyclic) bond motifs is 2. The van der Waals surface area contributed by atoms with Crippen LogP contribution in [0.15, 0.2) is 48.5 Å². The Bertz CT molecular complexity index is 658. The second kappa shape index (κ2) is 6.76. The van der Waals surface area contributed by atoms with Gasteiger partial charge >= 0.3 is 0 Å². The molecule has 0 fully saturated rings. The molecule has 2 heteroatoms. The minimum Gasteiger partial charge on any atom is -0.361 e. The molecule has 0 radical (unpaired) electrons. The maximum Gasteiger partial charge on any atom is 0.0962 e. The van der Waals surface area contributed by atoms with Crippen LogP contribution < -0.4 is 4.90 Å². The third-order valence-electron chi connectivity index (χ3n) is 5.63. The molecule has 1 heterocycles. The number of anilines is 1. The number of rotatable bonds is 5. The first-order chi connectivity index (χ1) is 11.1. The van der Waals surface area contributed by atoms with E-state index < -0.39 is 0 Å². The smallest absolute Gasteiger partial charge is 0.0962 e. The van der Waals surface area contributed by atoms with Crippen molar-refractivity contribution >= 4 is 5.69 Å². The third kappa shape index (κ3) is 3.42. The van der Waals surface area contributed by atoms with Gasteiger partial charge in [0.05, 0.1) is 33.2 Å². The van der Waals surface area contributed by atoms with Crippen molar-refractivity contribution < 1.29 is 4.48 Å². The van der Waals surface area contributed by atoms with Gasteiger partial charge in [-0.3, -0.25) is 0 Å². The summed E-state index contributed by atoms with van der Waals surface area (Å²) >= 11 is 0. The number of para-hydroxylation sites is 1. The van der Waals surface area contributed by atoms with Crippen LogP contribution in [0.4, 0.5) is 5.69 Å². The van der Waals surface area contributed by atoms with Crippen LogP contribution in [0.25, 0.3) is 0 Å². The minimum atomic E-state index is 1.03. The number of quaternary nitrogens is 1. The Labute approximate surface area is 140 Å². The summed E-state index contributed by atoms with van der Waals surface area (Å²) in [5.74, 6) is 0. The molecule has 0 saturated heterocycles. The van der Waals surface area contributed by atoms with Crippen molar-refractivity contribution in [3.63, 3.8) is 0 Å². The monoisotopic (exact) mass is 309 g/mol. The fraction of sp³-hybridized carbons (Fsp3) is 0.429. The molecule has 3 rings (SSSR count). The Morgan fingerprint density at radius 1 is 0.870 bits per heavy atom. The van der Waals surface area contributed by atoms with Gasteiger partial charge in [0.25, 0.3) is 0 Å². The molecule has 0 N–H and O–H groups in total. The molecule has 2 aromatic carbocycles. The van der Waals surface area contributed by atoms with E-state index in [-0.39, 0.29) is 0 Å². The lowest BCUT2D eigenvalue weighted by atomic mass is 10.0. The normalized spacial score (nSPS) is 14.1. The van der Waals surface area contributed by atoms with E-state index in [0.717, 1.165) is 24.0 Å². The molecule has 1 aliphatic heterocycles. The molecule has 0 spiro atoms. The highest BCUT2D eigenvalue weighted by Gasteiger charge is 2.22. The third-order valence-corrected chi connectivity index (χ3v) is 5.63. The van der Waals surface area contributed by atoms with E-state index >= 15 is 0 Å². The predicted octanol–water partition coefficient (Wildman–Crippen LogP) is 4.08. The molecular weight excluding hydrogens is 280 g/mol. The number of hydrogen-bond donors (Lipinski definition) is 0. The highest BCUT2D eigenvalue weighted by Crippen LogP contribution is 2.30. The Kier molecular flexibility index (Phi) is 4.72. The summed E-state index contributed by atoms with van der Waals surface area (Å²) < 4.78 is 1.14. The highest BCUT2D eigenvalue weighted by atomic mass is 15.3. The summed E-state index contributed by atoms with van der Waals surface area (Å²) in [5, 5.41) is 0. The predicted molar refractivity (Wildman–Crippen MR) is 98.9 cm³/mol. The fourth-order valence-corrected chi connectivity index (χ4v) is 3.45. The number of nitrogens with zero attached hydrogens (tertiary/aromatic N) is 2. The first-order valence-electron chi connectivity index (χ1n) is 8.88. The van der Waals surface area contributed by atoms with E-state index in [0.29, 0.717) is 0 Å². The number of benzene rings is 2. The van der Waals surface area contributed by atoms with Crippen LogP contribution in [0.2, 0.25) is 0 Å². The van der Waals surface area contributed by atoms with Crippen LogP contribution in [-0.4, -0.2) is 37.7 Å². The van der Waals surface area contributed by atoms with Gasteiger partial charge < -0.3 is 9.38 Å². The van der Waals surface area contributed by atoms with Gasteiger partial charge in [0.15, 0.2) is 0 Å². The van der Waals surface area contributed by atoms with Gasteiger partial charge in [-0.2, -0.15) is 0 Å².